The molecule has 21 heavy (non-hydrogen) atoms. The van der Waals surface area contributed by atoms with E-state index in [0.717, 1.165) is 15.8 Å². The number of aliphatic hydroxyl groups excluding tert-OH is 1. The molecule has 3 rings (SSSR count). The van der Waals surface area contributed by atoms with Crippen LogP contribution in [0.25, 0.3) is 0 Å². The molecule has 0 bridgehead atoms. The SMILES string of the molecule is NCC1(C(O)c2cc(Br)c(Br)o2)COc2ccccc2C1. The lowest BCUT2D eigenvalue weighted by atomic mass is 9.75. The predicted octanol–water partition coefficient (Wildman–Crippen LogP) is 3.42. The van der Waals surface area contributed by atoms with Gasteiger partial charge in [-0.1, -0.05) is 18.2 Å². The second-order valence-corrected chi connectivity index (χ2v) is 6.89. The largest absolute Gasteiger partial charge is 0.493 e. The number of rotatable bonds is 3. The molecule has 1 aliphatic rings. The first-order chi connectivity index (χ1) is 10.1. The van der Waals surface area contributed by atoms with E-state index >= 15 is 0 Å². The Morgan fingerprint density at radius 3 is 2.76 bits per heavy atom. The number of nitrogens with two attached hydrogens (primary N) is 1. The van der Waals surface area contributed by atoms with Crippen LogP contribution in [0.2, 0.25) is 0 Å². The van der Waals surface area contributed by atoms with Gasteiger partial charge in [-0.2, -0.15) is 0 Å². The van der Waals surface area contributed by atoms with E-state index < -0.39 is 11.5 Å². The van der Waals surface area contributed by atoms with Crippen LogP contribution in [0.4, 0.5) is 0 Å². The fraction of sp³-hybridized carbons (Fsp3) is 0.333. The van der Waals surface area contributed by atoms with Gasteiger partial charge in [0.05, 0.1) is 16.5 Å². The molecule has 0 aliphatic carbocycles. The molecule has 2 unspecified atom stereocenters. The van der Waals surface area contributed by atoms with Crippen LogP contribution in [0, 0.1) is 5.41 Å². The third kappa shape index (κ3) is 2.65. The van der Waals surface area contributed by atoms with Crippen molar-refractivity contribution in [3.05, 3.63) is 50.8 Å². The molecule has 0 radical (unpaired) electrons. The molecule has 2 atom stereocenters. The van der Waals surface area contributed by atoms with Gasteiger partial charge in [-0.15, -0.1) is 0 Å². The van der Waals surface area contributed by atoms with Crippen molar-refractivity contribution in [1.29, 1.82) is 0 Å². The number of fused-ring (bicyclic) bond motifs is 1. The zero-order valence-electron chi connectivity index (χ0n) is 11.2. The monoisotopic (exact) mass is 415 g/mol. The van der Waals surface area contributed by atoms with Crippen molar-refractivity contribution >= 4 is 31.9 Å². The van der Waals surface area contributed by atoms with Gasteiger partial charge in [0.25, 0.3) is 0 Å². The predicted molar refractivity (Wildman–Crippen MR) is 86.2 cm³/mol. The van der Waals surface area contributed by atoms with Gasteiger partial charge in [0.15, 0.2) is 4.67 Å². The Balaban J connectivity index is 1.94. The minimum Gasteiger partial charge on any atom is -0.493 e. The first kappa shape index (κ1) is 15.1. The van der Waals surface area contributed by atoms with Crippen molar-refractivity contribution in [2.75, 3.05) is 13.2 Å². The van der Waals surface area contributed by atoms with Crippen LogP contribution >= 0.6 is 31.9 Å². The van der Waals surface area contributed by atoms with E-state index in [4.69, 9.17) is 14.9 Å². The molecule has 2 heterocycles. The second kappa shape index (κ2) is 5.76. The van der Waals surface area contributed by atoms with E-state index in [1.807, 2.05) is 24.3 Å². The highest BCUT2D eigenvalue weighted by atomic mass is 79.9. The number of hydrogen-bond donors (Lipinski definition) is 2. The maximum Gasteiger partial charge on any atom is 0.183 e. The molecule has 0 saturated heterocycles. The second-order valence-electron chi connectivity index (χ2n) is 5.31. The van der Waals surface area contributed by atoms with Crippen LogP contribution in [-0.4, -0.2) is 18.3 Å². The average Bonchev–Trinajstić information content (AvgIpc) is 2.85. The van der Waals surface area contributed by atoms with Crippen LogP contribution in [-0.2, 0) is 6.42 Å². The Labute approximate surface area is 139 Å². The maximum atomic E-state index is 10.8. The number of ether oxygens (including phenoxy) is 1. The zero-order valence-corrected chi connectivity index (χ0v) is 14.4. The summed E-state index contributed by atoms with van der Waals surface area (Å²) in [5.74, 6) is 1.33. The lowest BCUT2D eigenvalue weighted by molar-refractivity contribution is -0.0283. The summed E-state index contributed by atoms with van der Waals surface area (Å²) >= 11 is 6.65. The van der Waals surface area contributed by atoms with Crippen molar-refractivity contribution in [1.82, 2.24) is 0 Å². The summed E-state index contributed by atoms with van der Waals surface area (Å²) < 4.78 is 12.7. The number of furan rings is 1. The molecule has 0 fully saturated rings. The lowest BCUT2D eigenvalue weighted by Crippen LogP contribution is -2.45. The summed E-state index contributed by atoms with van der Waals surface area (Å²) in [6.07, 6.45) is -0.185. The molecule has 1 aromatic carbocycles. The number of para-hydroxylation sites is 1. The highest BCUT2D eigenvalue weighted by Gasteiger charge is 2.43. The van der Waals surface area contributed by atoms with Crippen molar-refractivity contribution in [3.8, 4) is 5.75 Å². The molecule has 4 nitrogen and oxygen atoms in total. The molecule has 0 amide bonds. The number of benzene rings is 1. The van der Waals surface area contributed by atoms with Gasteiger partial charge in [-0.05, 0) is 56.0 Å². The summed E-state index contributed by atoms with van der Waals surface area (Å²) in [6, 6.07) is 9.58. The number of aliphatic hydroxyl groups is 1. The third-order valence-corrected chi connectivity index (χ3v) is 5.66. The van der Waals surface area contributed by atoms with Gasteiger partial charge >= 0.3 is 0 Å². The van der Waals surface area contributed by atoms with E-state index in [1.165, 1.54) is 0 Å². The average molecular weight is 417 g/mol. The number of halogens is 2. The van der Waals surface area contributed by atoms with Gasteiger partial charge in [0.2, 0.25) is 0 Å². The summed E-state index contributed by atoms with van der Waals surface area (Å²) in [4.78, 5) is 0. The molecular weight excluding hydrogens is 402 g/mol. The van der Waals surface area contributed by atoms with Crippen molar-refractivity contribution < 1.29 is 14.3 Å². The van der Waals surface area contributed by atoms with Crippen LogP contribution in [0.5, 0.6) is 5.75 Å². The van der Waals surface area contributed by atoms with E-state index in [9.17, 15) is 5.11 Å². The van der Waals surface area contributed by atoms with Gasteiger partial charge in [0, 0.05) is 6.54 Å². The van der Waals surface area contributed by atoms with Gasteiger partial charge in [-0.3, -0.25) is 0 Å². The standard InChI is InChI=1S/C15H15Br2NO3/c16-10-5-12(21-14(10)17)13(19)15(7-18)6-9-3-1-2-4-11(9)20-8-15/h1-5,13,19H,6-8,18H2. The molecular formula is C15H15Br2NO3. The highest BCUT2D eigenvalue weighted by Crippen LogP contribution is 2.44. The van der Waals surface area contributed by atoms with E-state index in [-0.39, 0.29) is 0 Å². The van der Waals surface area contributed by atoms with E-state index in [0.29, 0.717) is 30.0 Å². The summed E-state index contributed by atoms with van der Waals surface area (Å²) in [5, 5.41) is 10.8. The topological polar surface area (TPSA) is 68.6 Å². The highest BCUT2D eigenvalue weighted by molar-refractivity contribution is 9.13. The smallest absolute Gasteiger partial charge is 0.183 e. The molecule has 3 N–H and O–H groups in total. The third-order valence-electron chi connectivity index (χ3n) is 3.95. The molecule has 1 aromatic heterocycles. The van der Waals surface area contributed by atoms with E-state index in [1.54, 1.807) is 6.07 Å². The molecule has 0 saturated carbocycles. The quantitative estimate of drug-likeness (QED) is 0.804. The Hall–Kier alpha value is -0.820. The molecule has 112 valence electrons. The van der Waals surface area contributed by atoms with Crippen LogP contribution in [0.3, 0.4) is 0 Å². The molecule has 6 heteroatoms. The van der Waals surface area contributed by atoms with E-state index in [2.05, 4.69) is 31.9 Å². The number of hydrogen-bond acceptors (Lipinski definition) is 4. The molecule has 1 aliphatic heterocycles. The van der Waals surface area contributed by atoms with Crippen LogP contribution < -0.4 is 10.5 Å². The van der Waals surface area contributed by atoms with Crippen molar-refractivity contribution in [3.63, 3.8) is 0 Å². The summed E-state index contributed by atoms with van der Waals surface area (Å²) in [6.45, 7) is 0.663. The van der Waals surface area contributed by atoms with Gasteiger partial charge in [-0.25, -0.2) is 0 Å². The first-order valence-electron chi connectivity index (χ1n) is 6.59. The fourth-order valence-corrected chi connectivity index (χ4v) is 3.27. The van der Waals surface area contributed by atoms with Gasteiger partial charge in [0.1, 0.15) is 17.6 Å². The first-order valence-corrected chi connectivity index (χ1v) is 8.18. The Morgan fingerprint density at radius 1 is 1.33 bits per heavy atom. The molecule has 0 spiro atoms. The van der Waals surface area contributed by atoms with Gasteiger partial charge < -0.3 is 20.0 Å². The van der Waals surface area contributed by atoms with Crippen LogP contribution in [0.1, 0.15) is 17.4 Å². The van der Waals surface area contributed by atoms with Crippen molar-refractivity contribution in [2.45, 2.75) is 12.5 Å². The van der Waals surface area contributed by atoms with Crippen LogP contribution in [0.15, 0.2) is 43.9 Å². The molecule has 2 aromatic rings. The van der Waals surface area contributed by atoms with Crippen molar-refractivity contribution in [2.24, 2.45) is 11.1 Å². The normalized spacial score (nSPS) is 22.5. The minimum absolute atomic E-state index is 0.304. The Morgan fingerprint density at radius 2 is 2.10 bits per heavy atom. The zero-order chi connectivity index (χ0) is 15.0. The lowest BCUT2D eigenvalue weighted by Gasteiger charge is -2.39. The summed E-state index contributed by atoms with van der Waals surface area (Å²) in [5.41, 5.74) is 6.43. The minimum atomic E-state index is -0.835. The Bertz CT molecular complexity index is 639. The summed E-state index contributed by atoms with van der Waals surface area (Å²) in [7, 11) is 0. The maximum absolute atomic E-state index is 10.8. The Kier molecular flexibility index (Phi) is 4.14. The fourth-order valence-electron chi connectivity index (χ4n) is 2.66.